The molecule has 0 atom stereocenters. The molecule has 1 aromatic rings. The van der Waals surface area contributed by atoms with Gasteiger partial charge in [0.2, 0.25) is 11.7 Å². The third-order valence-electron chi connectivity index (χ3n) is 2.59. The van der Waals surface area contributed by atoms with Crippen molar-refractivity contribution in [1.82, 2.24) is 4.98 Å². The van der Waals surface area contributed by atoms with Crippen LogP contribution in [0, 0.1) is 0 Å². The lowest BCUT2D eigenvalue weighted by molar-refractivity contribution is -0.153. The Bertz CT molecular complexity index is 646. The first-order valence-electron chi connectivity index (χ1n) is 9.84. The molecule has 0 aromatic carbocycles. The standard InChI is InChI=1S/C17H17NO5.3C2H6/c1-4-7-13(5-2)23-16-9-8-12(11-18-16)14(19)10-15(20)17(21)22-6-3;3*1-2/h4-5,7-9,11H,1-2,6,10H2,3H3;3*1-2H3/b13-7+;;;. The van der Waals surface area contributed by atoms with E-state index in [1.165, 1.54) is 30.5 Å². The van der Waals surface area contributed by atoms with Crippen LogP contribution in [0.3, 0.4) is 0 Å². The van der Waals surface area contributed by atoms with Gasteiger partial charge in [-0.2, -0.15) is 0 Å². The summed E-state index contributed by atoms with van der Waals surface area (Å²) in [6.45, 7) is 20.8. The second kappa shape index (κ2) is 21.3. The molecule has 0 aliphatic heterocycles. The van der Waals surface area contributed by atoms with E-state index in [0.717, 1.165) is 0 Å². The van der Waals surface area contributed by atoms with Crippen LogP contribution in [-0.2, 0) is 14.3 Å². The van der Waals surface area contributed by atoms with Crippen molar-refractivity contribution >= 4 is 17.5 Å². The van der Waals surface area contributed by atoms with Gasteiger partial charge in [-0.25, -0.2) is 9.78 Å². The molecule has 29 heavy (non-hydrogen) atoms. The summed E-state index contributed by atoms with van der Waals surface area (Å²) in [5, 5.41) is 0. The van der Waals surface area contributed by atoms with E-state index in [-0.39, 0.29) is 18.1 Å². The predicted octanol–water partition coefficient (Wildman–Crippen LogP) is 5.50. The van der Waals surface area contributed by atoms with Crippen LogP contribution >= 0.6 is 0 Å². The van der Waals surface area contributed by atoms with E-state index in [1.54, 1.807) is 13.0 Å². The zero-order valence-electron chi connectivity index (χ0n) is 18.8. The number of aromatic nitrogens is 1. The van der Waals surface area contributed by atoms with Crippen LogP contribution in [0.1, 0.15) is 65.2 Å². The molecule has 1 heterocycles. The van der Waals surface area contributed by atoms with Gasteiger partial charge in [0.1, 0.15) is 5.76 Å². The Balaban J connectivity index is -0.00000103. The Labute approximate surface area is 175 Å². The number of pyridine rings is 1. The van der Waals surface area contributed by atoms with Crippen molar-refractivity contribution < 1.29 is 23.9 Å². The molecule has 0 radical (unpaired) electrons. The summed E-state index contributed by atoms with van der Waals surface area (Å²) in [4.78, 5) is 38.5. The number of nitrogens with zero attached hydrogens (tertiary/aromatic N) is 1. The minimum atomic E-state index is -1.01. The first kappa shape index (κ1) is 30.7. The van der Waals surface area contributed by atoms with Crippen molar-refractivity contribution in [2.24, 2.45) is 0 Å². The van der Waals surface area contributed by atoms with Gasteiger partial charge in [0.05, 0.1) is 13.0 Å². The van der Waals surface area contributed by atoms with Crippen molar-refractivity contribution in [2.45, 2.75) is 54.9 Å². The fourth-order valence-electron chi connectivity index (χ4n) is 1.52. The van der Waals surface area contributed by atoms with E-state index in [9.17, 15) is 14.4 Å². The molecule has 162 valence electrons. The lowest BCUT2D eigenvalue weighted by Gasteiger charge is -2.05. The Kier molecular flexibility index (Phi) is 22.5. The smallest absolute Gasteiger partial charge is 0.375 e. The topological polar surface area (TPSA) is 82.6 Å². The maximum atomic E-state index is 11.9. The molecule has 0 aliphatic rings. The summed E-state index contributed by atoms with van der Waals surface area (Å²) >= 11 is 0. The molecule has 6 nitrogen and oxygen atoms in total. The number of rotatable bonds is 9. The molecule has 1 aromatic heterocycles. The molecule has 0 fully saturated rings. The van der Waals surface area contributed by atoms with Crippen LogP contribution in [0.15, 0.2) is 55.5 Å². The van der Waals surface area contributed by atoms with Crippen LogP contribution < -0.4 is 4.74 Å². The number of hydrogen-bond acceptors (Lipinski definition) is 6. The minimum absolute atomic E-state index is 0.0796. The summed E-state index contributed by atoms with van der Waals surface area (Å²) in [6.07, 6.45) is 5.34. The zero-order valence-corrected chi connectivity index (χ0v) is 18.8. The van der Waals surface area contributed by atoms with Crippen LogP contribution in [0.5, 0.6) is 5.88 Å². The Morgan fingerprint density at radius 2 is 1.62 bits per heavy atom. The Hall–Kier alpha value is -3.02. The number of hydrogen-bond donors (Lipinski definition) is 0. The Morgan fingerprint density at radius 1 is 1.03 bits per heavy atom. The van der Waals surface area contributed by atoms with Crippen LogP contribution in [0.4, 0.5) is 0 Å². The SMILES string of the molecule is C=C/C=C(\C=C)Oc1ccc(C(=O)CC(=O)C(=O)OCC)cn1.CC.CC.CC. The fraction of sp³-hybridized carbons (Fsp3) is 0.391. The average Bonchev–Trinajstić information content (AvgIpc) is 2.78. The Morgan fingerprint density at radius 3 is 2.03 bits per heavy atom. The number of allylic oxidation sites excluding steroid dienone is 3. The minimum Gasteiger partial charge on any atom is -0.460 e. The molecule has 1 rings (SSSR count). The first-order chi connectivity index (χ1) is 14.0. The summed E-state index contributed by atoms with van der Waals surface area (Å²) in [7, 11) is 0. The van der Waals surface area contributed by atoms with E-state index in [4.69, 9.17) is 4.74 Å². The number of esters is 1. The van der Waals surface area contributed by atoms with E-state index < -0.39 is 24.0 Å². The van der Waals surface area contributed by atoms with Gasteiger partial charge in [0.25, 0.3) is 0 Å². The van der Waals surface area contributed by atoms with Crippen molar-refractivity contribution in [2.75, 3.05) is 6.61 Å². The molecule has 0 bridgehead atoms. The van der Waals surface area contributed by atoms with Gasteiger partial charge >= 0.3 is 5.97 Å². The summed E-state index contributed by atoms with van der Waals surface area (Å²) < 4.78 is 9.94. The molecule has 0 aliphatic carbocycles. The number of carbonyl (C=O) groups is 3. The summed E-state index contributed by atoms with van der Waals surface area (Å²) in [6, 6.07) is 2.93. The van der Waals surface area contributed by atoms with Gasteiger partial charge in [-0.15, -0.1) is 0 Å². The monoisotopic (exact) mass is 405 g/mol. The van der Waals surface area contributed by atoms with Gasteiger partial charge in [0, 0.05) is 17.8 Å². The third kappa shape index (κ3) is 13.7. The van der Waals surface area contributed by atoms with Crippen molar-refractivity contribution in [3.05, 3.63) is 61.0 Å². The van der Waals surface area contributed by atoms with Crippen LogP contribution in [-0.4, -0.2) is 29.1 Å². The molecular formula is C23H35NO5. The maximum Gasteiger partial charge on any atom is 0.375 e. The molecule has 0 saturated heterocycles. The van der Waals surface area contributed by atoms with Gasteiger partial charge in [0.15, 0.2) is 5.78 Å². The third-order valence-corrected chi connectivity index (χ3v) is 2.59. The van der Waals surface area contributed by atoms with E-state index in [1.807, 2.05) is 41.5 Å². The maximum absolute atomic E-state index is 11.9. The van der Waals surface area contributed by atoms with Gasteiger partial charge in [-0.05, 0) is 25.1 Å². The number of Topliss-reactive ketones (excluding diaryl/α,β-unsaturated/α-hetero) is 2. The molecule has 0 amide bonds. The van der Waals surface area contributed by atoms with Crippen LogP contribution in [0.25, 0.3) is 0 Å². The van der Waals surface area contributed by atoms with Crippen molar-refractivity contribution in [3.8, 4) is 5.88 Å². The highest BCUT2D eigenvalue weighted by Crippen LogP contribution is 2.13. The van der Waals surface area contributed by atoms with Crippen molar-refractivity contribution in [3.63, 3.8) is 0 Å². The van der Waals surface area contributed by atoms with E-state index >= 15 is 0 Å². The van der Waals surface area contributed by atoms with Gasteiger partial charge in [-0.1, -0.05) is 60.8 Å². The number of carbonyl (C=O) groups excluding carboxylic acids is 3. The zero-order chi connectivity index (χ0) is 23.2. The van der Waals surface area contributed by atoms with Gasteiger partial charge < -0.3 is 9.47 Å². The largest absolute Gasteiger partial charge is 0.460 e. The van der Waals surface area contributed by atoms with E-state index in [2.05, 4.69) is 22.9 Å². The summed E-state index contributed by atoms with van der Waals surface area (Å²) in [5.41, 5.74) is 0.197. The first-order valence-corrected chi connectivity index (χ1v) is 9.84. The lowest BCUT2D eigenvalue weighted by Crippen LogP contribution is -2.20. The summed E-state index contributed by atoms with van der Waals surface area (Å²) in [5.74, 6) is -1.72. The molecule has 0 unspecified atom stereocenters. The van der Waals surface area contributed by atoms with E-state index in [0.29, 0.717) is 5.76 Å². The average molecular weight is 406 g/mol. The second-order valence-corrected chi connectivity index (χ2v) is 4.24. The number of ketones is 2. The highest BCUT2D eigenvalue weighted by atomic mass is 16.5. The quantitative estimate of drug-likeness (QED) is 0.135. The van der Waals surface area contributed by atoms with Gasteiger partial charge in [-0.3, -0.25) is 9.59 Å². The second-order valence-electron chi connectivity index (χ2n) is 4.24. The normalized spacial score (nSPS) is 9.00. The highest BCUT2D eigenvalue weighted by molar-refractivity contribution is 6.38. The molecule has 0 N–H and O–H groups in total. The highest BCUT2D eigenvalue weighted by Gasteiger charge is 2.20. The molecule has 0 spiro atoms. The lowest BCUT2D eigenvalue weighted by atomic mass is 10.1. The van der Waals surface area contributed by atoms with Crippen LogP contribution in [0.2, 0.25) is 0 Å². The molecular weight excluding hydrogens is 370 g/mol. The molecule has 6 heteroatoms. The predicted molar refractivity (Wildman–Crippen MR) is 118 cm³/mol. The number of ether oxygens (including phenoxy) is 2. The fourth-order valence-corrected chi connectivity index (χ4v) is 1.52. The molecule has 0 saturated carbocycles. The van der Waals surface area contributed by atoms with Crippen molar-refractivity contribution in [1.29, 1.82) is 0 Å².